The van der Waals surface area contributed by atoms with Crippen LogP contribution in [0.4, 0.5) is 0 Å². The number of likely N-dealkylation sites (N-methyl/N-ethyl adjacent to an activating group) is 1. The molecule has 0 bridgehead atoms. The molecule has 2 fully saturated rings. The van der Waals surface area contributed by atoms with Crippen molar-refractivity contribution in [3.63, 3.8) is 0 Å². The first-order chi connectivity index (χ1) is 9.17. The third kappa shape index (κ3) is 5.37. The van der Waals surface area contributed by atoms with Gasteiger partial charge in [0.15, 0.2) is 5.96 Å². The Morgan fingerprint density at radius 2 is 1.89 bits per heavy atom. The van der Waals surface area contributed by atoms with Gasteiger partial charge in [-0.05, 0) is 25.3 Å². The van der Waals surface area contributed by atoms with Crippen molar-refractivity contribution in [1.29, 1.82) is 0 Å². The molecule has 0 amide bonds. The van der Waals surface area contributed by atoms with Crippen LogP contribution in [0, 0.1) is 5.92 Å². The van der Waals surface area contributed by atoms with Gasteiger partial charge in [-0.1, -0.05) is 13.8 Å². The van der Waals surface area contributed by atoms with Crippen LogP contribution in [-0.2, 0) is 0 Å². The molecule has 2 aliphatic rings. The van der Waals surface area contributed by atoms with E-state index in [1.165, 1.54) is 45.6 Å². The fourth-order valence-corrected chi connectivity index (χ4v) is 2.52. The highest BCUT2D eigenvalue weighted by atomic mass is 15.3. The van der Waals surface area contributed by atoms with Crippen LogP contribution in [-0.4, -0.2) is 67.6 Å². The van der Waals surface area contributed by atoms with Crippen LogP contribution in [0.2, 0.25) is 0 Å². The van der Waals surface area contributed by atoms with E-state index in [1.807, 2.05) is 0 Å². The van der Waals surface area contributed by atoms with Gasteiger partial charge in [0.05, 0.1) is 0 Å². The SMILES string of the molecule is CCN1CCN(C[C@@H](C)CN=C(N)NC2CC2)CC1. The number of hydrogen-bond acceptors (Lipinski definition) is 3. The fraction of sp³-hybridized carbons (Fsp3) is 0.929. The lowest BCUT2D eigenvalue weighted by Gasteiger charge is -2.35. The Morgan fingerprint density at radius 1 is 1.26 bits per heavy atom. The lowest BCUT2D eigenvalue weighted by molar-refractivity contribution is 0.125. The first kappa shape index (κ1) is 14.6. The summed E-state index contributed by atoms with van der Waals surface area (Å²) in [6.07, 6.45) is 2.49. The van der Waals surface area contributed by atoms with Gasteiger partial charge < -0.3 is 20.9 Å². The molecule has 1 saturated heterocycles. The Hall–Kier alpha value is -0.810. The topological polar surface area (TPSA) is 56.9 Å². The minimum Gasteiger partial charge on any atom is -0.370 e. The molecular weight excluding hydrogens is 238 g/mol. The van der Waals surface area contributed by atoms with Crippen LogP contribution in [0.5, 0.6) is 0 Å². The van der Waals surface area contributed by atoms with Crippen molar-refractivity contribution < 1.29 is 0 Å². The van der Waals surface area contributed by atoms with Crippen LogP contribution in [0.3, 0.4) is 0 Å². The zero-order valence-corrected chi connectivity index (χ0v) is 12.4. The molecule has 5 nitrogen and oxygen atoms in total. The van der Waals surface area contributed by atoms with Gasteiger partial charge in [-0.3, -0.25) is 4.99 Å². The monoisotopic (exact) mass is 267 g/mol. The van der Waals surface area contributed by atoms with E-state index in [0.717, 1.165) is 13.1 Å². The predicted octanol–water partition coefficient (Wildman–Crippen LogP) is 0.327. The minimum absolute atomic E-state index is 0.577. The lowest BCUT2D eigenvalue weighted by Crippen LogP contribution is -2.47. The molecular formula is C14H29N5. The zero-order valence-electron chi connectivity index (χ0n) is 12.4. The molecule has 1 saturated carbocycles. The second kappa shape index (κ2) is 7.10. The van der Waals surface area contributed by atoms with Crippen molar-refractivity contribution in [3.8, 4) is 0 Å². The van der Waals surface area contributed by atoms with Crippen molar-refractivity contribution in [2.75, 3.05) is 45.8 Å². The summed E-state index contributed by atoms with van der Waals surface area (Å²) in [6, 6.07) is 0.598. The molecule has 2 rings (SSSR count). The van der Waals surface area contributed by atoms with E-state index in [2.05, 4.69) is 34.0 Å². The third-order valence-electron chi connectivity index (χ3n) is 3.98. The number of nitrogens with one attached hydrogen (secondary N) is 1. The Labute approximate surface area is 117 Å². The number of hydrogen-bond donors (Lipinski definition) is 2. The maximum absolute atomic E-state index is 5.85. The molecule has 5 heteroatoms. The number of nitrogens with two attached hydrogens (primary N) is 1. The summed E-state index contributed by atoms with van der Waals surface area (Å²) < 4.78 is 0. The van der Waals surface area contributed by atoms with Crippen molar-refractivity contribution in [2.45, 2.75) is 32.7 Å². The molecule has 1 heterocycles. The van der Waals surface area contributed by atoms with Gasteiger partial charge in [-0.25, -0.2) is 0 Å². The first-order valence-corrected chi connectivity index (χ1v) is 7.68. The smallest absolute Gasteiger partial charge is 0.188 e. The average molecular weight is 267 g/mol. The van der Waals surface area contributed by atoms with E-state index >= 15 is 0 Å². The van der Waals surface area contributed by atoms with Gasteiger partial charge in [-0.15, -0.1) is 0 Å². The number of rotatable bonds is 6. The normalized spacial score (nSPS) is 24.4. The highest BCUT2D eigenvalue weighted by Gasteiger charge is 2.21. The summed E-state index contributed by atoms with van der Waals surface area (Å²) in [5.41, 5.74) is 5.85. The van der Waals surface area contributed by atoms with Gasteiger partial charge in [0, 0.05) is 45.3 Å². The molecule has 0 aromatic carbocycles. The molecule has 1 atom stereocenters. The van der Waals surface area contributed by atoms with Crippen molar-refractivity contribution in [1.82, 2.24) is 15.1 Å². The second-order valence-corrected chi connectivity index (χ2v) is 5.98. The largest absolute Gasteiger partial charge is 0.370 e. The predicted molar refractivity (Wildman–Crippen MR) is 80.4 cm³/mol. The van der Waals surface area contributed by atoms with Crippen LogP contribution >= 0.6 is 0 Å². The average Bonchev–Trinajstić information content (AvgIpc) is 3.21. The minimum atomic E-state index is 0.577. The van der Waals surface area contributed by atoms with Crippen LogP contribution < -0.4 is 11.1 Å². The Morgan fingerprint density at radius 3 is 2.47 bits per heavy atom. The van der Waals surface area contributed by atoms with E-state index in [-0.39, 0.29) is 0 Å². The van der Waals surface area contributed by atoms with Crippen LogP contribution in [0.25, 0.3) is 0 Å². The molecule has 3 N–H and O–H groups in total. The molecule has 0 unspecified atom stereocenters. The maximum Gasteiger partial charge on any atom is 0.188 e. The molecule has 1 aliphatic carbocycles. The van der Waals surface area contributed by atoms with Gasteiger partial charge >= 0.3 is 0 Å². The highest BCUT2D eigenvalue weighted by molar-refractivity contribution is 5.78. The van der Waals surface area contributed by atoms with Crippen molar-refractivity contribution >= 4 is 5.96 Å². The summed E-state index contributed by atoms with van der Waals surface area (Å²) in [7, 11) is 0. The van der Waals surface area contributed by atoms with E-state index in [1.54, 1.807) is 0 Å². The van der Waals surface area contributed by atoms with E-state index < -0.39 is 0 Å². The number of guanidine groups is 1. The quantitative estimate of drug-likeness (QED) is 0.538. The first-order valence-electron chi connectivity index (χ1n) is 7.68. The second-order valence-electron chi connectivity index (χ2n) is 5.98. The summed E-state index contributed by atoms with van der Waals surface area (Å²) in [4.78, 5) is 9.51. The molecule has 0 aromatic rings. The Kier molecular flexibility index (Phi) is 5.45. The van der Waals surface area contributed by atoms with E-state index in [4.69, 9.17) is 5.73 Å². The molecule has 0 spiro atoms. The zero-order chi connectivity index (χ0) is 13.7. The Bertz CT molecular complexity index is 292. The van der Waals surface area contributed by atoms with Crippen LogP contribution in [0.15, 0.2) is 4.99 Å². The number of piperazine rings is 1. The molecule has 110 valence electrons. The summed E-state index contributed by atoms with van der Waals surface area (Å²) in [5.74, 6) is 1.21. The van der Waals surface area contributed by atoms with Gasteiger partial charge in [0.25, 0.3) is 0 Å². The van der Waals surface area contributed by atoms with Gasteiger partial charge in [0.2, 0.25) is 0 Å². The number of nitrogens with zero attached hydrogens (tertiary/aromatic N) is 3. The van der Waals surface area contributed by atoms with Gasteiger partial charge in [0.1, 0.15) is 0 Å². The van der Waals surface area contributed by atoms with Gasteiger partial charge in [-0.2, -0.15) is 0 Å². The third-order valence-corrected chi connectivity index (χ3v) is 3.98. The maximum atomic E-state index is 5.85. The standard InChI is InChI=1S/C14H29N5/c1-3-18-6-8-19(9-7-18)11-12(2)10-16-14(15)17-13-4-5-13/h12-13H,3-11H2,1-2H3,(H3,15,16,17)/t12-/m0/s1. The van der Waals surface area contributed by atoms with E-state index in [9.17, 15) is 0 Å². The summed E-state index contributed by atoms with van der Waals surface area (Å²) in [6.45, 7) is 12.4. The number of aliphatic imine (C=N–C) groups is 1. The molecule has 1 aliphatic heterocycles. The van der Waals surface area contributed by atoms with Crippen molar-refractivity contribution in [2.24, 2.45) is 16.6 Å². The summed E-state index contributed by atoms with van der Waals surface area (Å²) in [5, 5.41) is 3.23. The summed E-state index contributed by atoms with van der Waals surface area (Å²) >= 11 is 0. The lowest BCUT2D eigenvalue weighted by atomic mass is 10.1. The molecule has 0 aromatic heterocycles. The van der Waals surface area contributed by atoms with Crippen LogP contribution in [0.1, 0.15) is 26.7 Å². The molecule has 19 heavy (non-hydrogen) atoms. The Balaban J connectivity index is 1.62. The highest BCUT2D eigenvalue weighted by Crippen LogP contribution is 2.18. The van der Waals surface area contributed by atoms with Crippen molar-refractivity contribution in [3.05, 3.63) is 0 Å². The fourth-order valence-electron chi connectivity index (χ4n) is 2.52. The molecule has 0 radical (unpaired) electrons. The van der Waals surface area contributed by atoms with E-state index in [0.29, 0.717) is 17.9 Å².